The molecule has 1 aromatic carbocycles. The molecule has 0 aromatic heterocycles. The molecule has 0 spiro atoms. The van der Waals surface area contributed by atoms with Crippen molar-refractivity contribution in [2.24, 2.45) is 0 Å². The first kappa shape index (κ1) is 19.3. The molecule has 1 aromatic rings. The van der Waals surface area contributed by atoms with Crippen molar-refractivity contribution in [2.45, 2.75) is 13.8 Å². The van der Waals surface area contributed by atoms with Gasteiger partial charge in [-0.2, -0.15) is 0 Å². The Morgan fingerprint density at radius 2 is 2.04 bits per heavy atom. The molecule has 0 atom stereocenters. The van der Waals surface area contributed by atoms with Gasteiger partial charge >= 0.3 is 6.09 Å². The topological polar surface area (TPSA) is 44.8 Å². The van der Waals surface area contributed by atoms with Crippen LogP contribution >= 0.6 is 23.8 Å². The van der Waals surface area contributed by atoms with E-state index in [0.29, 0.717) is 35.5 Å². The highest BCUT2D eigenvalue weighted by Gasteiger charge is 2.12. The van der Waals surface area contributed by atoms with Gasteiger partial charge in [-0.3, -0.25) is 0 Å². The monoisotopic (exact) mass is 355 g/mol. The summed E-state index contributed by atoms with van der Waals surface area (Å²) in [5.74, 6) is 0.458. The van der Waals surface area contributed by atoms with Crippen LogP contribution in [0, 0.1) is 0 Å². The van der Waals surface area contributed by atoms with E-state index < -0.39 is 0 Å². The lowest BCUT2D eigenvalue weighted by Gasteiger charge is -2.21. The van der Waals surface area contributed by atoms with Crippen LogP contribution in [-0.2, 0) is 0 Å². The van der Waals surface area contributed by atoms with Crippen molar-refractivity contribution in [3.63, 3.8) is 0 Å². The molecule has 0 fully saturated rings. The summed E-state index contributed by atoms with van der Waals surface area (Å²) in [5.41, 5.74) is 0.729. The lowest BCUT2D eigenvalue weighted by atomic mass is 10.3. The molecule has 0 saturated carbocycles. The third kappa shape index (κ3) is 6.46. The summed E-state index contributed by atoms with van der Waals surface area (Å²) < 4.78 is 5.36. The number of ether oxygens (including phenoxy) is 1. The molecule has 1 rings (SSSR count). The number of carbonyl (C=O) groups excluding carboxylic acids is 1. The highest BCUT2D eigenvalue weighted by Crippen LogP contribution is 2.18. The van der Waals surface area contributed by atoms with Crippen LogP contribution in [0.3, 0.4) is 0 Å². The van der Waals surface area contributed by atoms with E-state index in [2.05, 4.69) is 11.9 Å². The van der Waals surface area contributed by atoms with Crippen molar-refractivity contribution in [1.82, 2.24) is 9.80 Å². The molecule has 23 heavy (non-hydrogen) atoms. The maximum absolute atomic E-state index is 12.0. The highest BCUT2D eigenvalue weighted by molar-refractivity contribution is 7.80. The van der Waals surface area contributed by atoms with Crippen LogP contribution in [0.5, 0.6) is 5.75 Å². The number of rotatable bonds is 6. The fourth-order valence-corrected chi connectivity index (χ4v) is 2.19. The Labute approximate surface area is 147 Å². The standard InChI is InChI=1S/C16H22ClN3O2S/c1-5-20(6-2)16(21)22-14-9-7-8-13(10-14)18-15(23)19(4)11-12(3)17/h7-10H,3,5-6,11H2,1-2,4H3,(H,18,23). The minimum atomic E-state index is -0.370. The Morgan fingerprint density at radius 1 is 1.39 bits per heavy atom. The molecule has 5 nitrogen and oxygen atoms in total. The predicted octanol–water partition coefficient (Wildman–Crippen LogP) is 3.91. The number of nitrogens with zero attached hydrogens (tertiary/aromatic N) is 2. The highest BCUT2D eigenvalue weighted by atomic mass is 35.5. The van der Waals surface area contributed by atoms with E-state index in [4.69, 9.17) is 28.6 Å². The van der Waals surface area contributed by atoms with Crippen molar-refractivity contribution in [3.05, 3.63) is 35.9 Å². The van der Waals surface area contributed by atoms with Crippen molar-refractivity contribution >= 4 is 40.7 Å². The third-order valence-corrected chi connectivity index (χ3v) is 3.60. The number of hydrogen-bond acceptors (Lipinski definition) is 3. The van der Waals surface area contributed by atoms with Crippen molar-refractivity contribution in [1.29, 1.82) is 0 Å². The number of benzene rings is 1. The second-order valence-corrected chi connectivity index (χ2v) is 5.79. The van der Waals surface area contributed by atoms with Gasteiger partial charge in [-0.1, -0.05) is 24.2 Å². The van der Waals surface area contributed by atoms with E-state index in [1.165, 1.54) is 0 Å². The minimum absolute atomic E-state index is 0.370. The number of thiocarbonyl (C=S) groups is 1. The van der Waals surface area contributed by atoms with E-state index in [0.717, 1.165) is 5.69 Å². The molecule has 0 aliphatic carbocycles. The number of carbonyl (C=O) groups is 1. The zero-order chi connectivity index (χ0) is 17.4. The van der Waals surface area contributed by atoms with Crippen LogP contribution in [0.2, 0.25) is 0 Å². The van der Waals surface area contributed by atoms with E-state index in [-0.39, 0.29) is 6.09 Å². The van der Waals surface area contributed by atoms with Gasteiger partial charge in [0.25, 0.3) is 0 Å². The molecule has 0 heterocycles. The average Bonchev–Trinajstić information content (AvgIpc) is 2.48. The second-order valence-electron chi connectivity index (χ2n) is 4.87. The Kier molecular flexibility index (Phi) is 7.85. The molecule has 0 unspecified atom stereocenters. The summed E-state index contributed by atoms with van der Waals surface area (Å²) in [7, 11) is 1.81. The first-order chi connectivity index (χ1) is 10.9. The Morgan fingerprint density at radius 3 is 2.61 bits per heavy atom. The molecule has 0 aliphatic heterocycles. The van der Waals surface area contributed by atoms with Gasteiger partial charge in [-0.15, -0.1) is 0 Å². The summed E-state index contributed by atoms with van der Waals surface area (Å²) in [6.07, 6.45) is -0.370. The van der Waals surface area contributed by atoms with Crippen LogP contribution in [0.1, 0.15) is 13.8 Å². The zero-order valence-corrected chi connectivity index (χ0v) is 15.2. The van der Waals surface area contributed by atoms with E-state index in [9.17, 15) is 4.79 Å². The maximum Gasteiger partial charge on any atom is 0.415 e. The smallest absolute Gasteiger partial charge is 0.410 e. The molecule has 0 aliphatic rings. The van der Waals surface area contributed by atoms with Crippen LogP contribution in [-0.4, -0.2) is 47.7 Å². The van der Waals surface area contributed by atoms with E-state index in [1.807, 2.05) is 27.0 Å². The van der Waals surface area contributed by atoms with Gasteiger partial charge in [0.1, 0.15) is 5.75 Å². The van der Waals surface area contributed by atoms with Gasteiger partial charge < -0.3 is 19.9 Å². The predicted molar refractivity (Wildman–Crippen MR) is 99.2 cm³/mol. The number of likely N-dealkylation sites (N-methyl/N-ethyl adjacent to an activating group) is 1. The van der Waals surface area contributed by atoms with Gasteiger partial charge in [0.2, 0.25) is 0 Å². The Bertz CT molecular complexity index is 576. The second kappa shape index (κ2) is 9.37. The minimum Gasteiger partial charge on any atom is -0.410 e. The lowest BCUT2D eigenvalue weighted by Crippen LogP contribution is -2.33. The fourth-order valence-electron chi connectivity index (χ4n) is 1.83. The number of hydrogen-bond donors (Lipinski definition) is 1. The van der Waals surface area contributed by atoms with Gasteiger partial charge in [0.15, 0.2) is 5.11 Å². The first-order valence-electron chi connectivity index (χ1n) is 7.29. The normalized spacial score (nSPS) is 9.91. The zero-order valence-electron chi connectivity index (χ0n) is 13.6. The molecule has 1 amide bonds. The number of halogens is 1. The van der Waals surface area contributed by atoms with Crippen molar-refractivity contribution in [3.8, 4) is 5.75 Å². The summed E-state index contributed by atoms with van der Waals surface area (Å²) in [5, 5.41) is 4.07. The van der Waals surface area contributed by atoms with Crippen molar-refractivity contribution < 1.29 is 9.53 Å². The van der Waals surface area contributed by atoms with Crippen LogP contribution < -0.4 is 10.1 Å². The maximum atomic E-state index is 12.0. The number of anilines is 1. The summed E-state index contributed by atoms with van der Waals surface area (Å²) in [6, 6.07) is 7.07. The molecule has 126 valence electrons. The van der Waals surface area contributed by atoms with Crippen LogP contribution in [0.15, 0.2) is 35.9 Å². The average molecular weight is 356 g/mol. The molecular weight excluding hydrogens is 334 g/mol. The SMILES string of the molecule is C=C(Cl)CN(C)C(=S)Nc1cccc(OC(=O)N(CC)CC)c1. The summed E-state index contributed by atoms with van der Waals surface area (Å²) >= 11 is 11.1. The molecule has 1 N–H and O–H groups in total. The van der Waals surface area contributed by atoms with Gasteiger partial charge in [-0.25, -0.2) is 4.79 Å². The fraction of sp³-hybridized carbons (Fsp3) is 0.375. The van der Waals surface area contributed by atoms with Gasteiger partial charge in [0, 0.05) is 36.9 Å². The molecule has 0 radical (unpaired) electrons. The van der Waals surface area contributed by atoms with Crippen LogP contribution in [0.4, 0.5) is 10.5 Å². The summed E-state index contributed by atoms with van der Waals surface area (Å²) in [6.45, 7) is 9.10. The lowest BCUT2D eigenvalue weighted by molar-refractivity contribution is 0.157. The molecule has 0 saturated heterocycles. The van der Waals surface area contributed by atoms with Gasteiger partial charge in [-0.05, 0) is 38.2 Å². The largest absolute Gasteiger partial charge is 0.415 e. The van der Waals surface area contributed by atoms with Gasteiger partial charge in [0.05, 0.1) is 6.54 Å². The van der Waals surface area contributed by atoms with E-state index in [1.54, 1.807) is 28.0 Å². The summed E-state index contributed by atoms with van der Waals surface area (Å²) in [4.78, 5) is 15.3. The third-order valence-electron chi connectivity index (χ3n) is 3.07. The van der Waals surface area contributed by atoms with Crippen LogP contribution in [0.25, 0.3) is 0 Å². The number of amides is 1. The molecular formula is C16H22ClN3O2S. The Balaban J connectivity index is 2.71. The Hall–Kier alpha value is -1.79. The quantitative estimate of drug-likeness (QED) is 0.784. The first-order valence-corrected chi connectivity index (χ1v) is 8.08. The molecule has 7 heteroatoms. The number of nitrogens with one attached hydrogen (secondary N) is 1. The van der Waals surface area contributed by atoms with E-state index >= 15 is 0 Å². The van der Waals surface area contributed by atoms with Crippen molar-refractivity contribution in [2.75, 3.05) is 32.0 Å². The molecule has 0 bridgehead atoms.